The van der Waals surface area contributed by atoms with Crippen molar-refractivity contribution in [3.63, 3.8) is 0 Å². The lowest BCUT2D eigenvalue weighted by Gasteiger charge is -2.18. The summed E-state index contributed by atoms with van der Waals surface area (Å²) in [5.41, 5.74) is 1.24. The molecule has 0 atom stereocenters. The number of benzene rings is 1. The Bertz CT molecular complexity index is 660. The maximum atomic E-state index is 12.0. The van der Waals surface area contributed by atoms with E-state index in [4.69, 9.17) is 4.74 Å². The average Bonchev–Trinajstić information content (AvgIpc) is 3.00. The lowest BCUT2D eigenvalue weighted by molar-refractivity contribution is 0.195. The van der Waals surface area contributed by atoms with Gasteiger partial charge < -0.3 is 15.0 Å². The van der Waals surface area contributed by atoms with Crippen LogP contribution < -0.4 is 10.1 Å². The number of hydrogen-bond donors (Lipinski definition) is 1. The van der Waals surface area contributed by atoms with Crippen LogP contribution in [0.5, 0.6) is 5.75 Å². The normalized spacial score (nSPS) is 10.5. The second kappa shape index (κ2) is 9.22. The topological polar surface area (TPSA) is 67.3 Å². The van der Waals surface area contributed by atoms with Gasteiger partial charge in [0.1, 0.15) is 22.4 Å². The van der Waals surface area contributed by atoms with Crippen LogP contribution in [0, 0.1) is 6.92 Å². The summed E-state index contributed by atoms with van der Waals surface area (Å²) >= 11 is 1.56. The van der Waals surface area contributed by atoms with Crippen molar-refractivity contribution < 1.29 is 9.53 Å². The van der Waals surface area contributed by atoms with Crippen LogP contribution in [0.4, 0.5) is 4.79 Å². The number of rotatable bonds is 8. The molecule has 6 nitrogen and oxygen atoms in total. The predicted octanol–water partition coefficient (Wildman–Crippen LogP) is 2.67. The molecule has 7 heteroatoms. The molecule has 0 unspecified atom stereocenters. The van der Waals surface area contributed by atoms with E-state index in [1.54, 1.807) is 23.3 Å². The van der Waals surface area contributed by atoms with Gasteiger partial charge in [0.2, 0.25) is 0 Å². The Morgan fingerprint density at radius 3 is 2.92 bits per heavy atom. The molecule has 0 saturated heterocycles. The van der Waals surface area contributed by atoms with Crippen molar-refractivity contribution in [2.75, 3.05) is 26.7 Å². The Hall–Kier alpha value is -2.15. The molecule has 1 heterocycles. The van der Waals surface area contributed by atoms with E-state index in [1.807, 2.05) is 25.1 Å². The van der Waals surface area contributed by atoms with Crippen LogP contribution in [0.3, 0.4) is 0 Å². The molecule has 0 aliphatic carbocycles. The number of hydrogen-bond acceptors (Lipinski definition) is 5. The fraction of sp³-hybridized carbons (Fsp3) is 0.471. The van der Waals surface area contributed by atoms with E-state index in [1.165, 1.54) is 5.56 Å². The first-order chi connectivity index (χ1) is 11.6. The highest BCUT2D eigenvalue weighted by Crippen LogP contribution is 2.13. The van der Waals surface area contributed by atoms with E-state index < -0.39 is 0 Å². The quantitative estimate of drug-likeness (QED) is 0.796. The number of nitrogens with one attached hydrogen (secondary N) is 1. The standard InChI is InChI=1S/C17H24N4O2S/c1-4-14-6-5-7-15(12-14)23-11-10-21(3)17(22)18-9-8-16-20-19-13(2)24-16/h5-7,12H,4,8-11H2,1-3H3,(H,18,22). The lowest BCUT2D eigenvalue weighted by atomic mass is 10.2. The minimum Gasteiger partial charge on any atom is -0.492 e. The molecular formula is C17H24N4O2S. The smallest absolute Gasteiger partial charge is 0.317 e. The Kier molecular flexibility index (Phi) is 6.99. The van der Waals surface area contributed by atoms with Crippen molar-refractivity contribution >= 4 is 17.4 Å². The fourth-order valence-corrected chi connectivity index (χ4v) is 2.82. The molecule has 0 aliphatic rings. The van der Waals surface area contributed by atoms with Crippen molar-refractivity contribution in [3.05, 3.63) is 39.8 Å². The van der Waals surface area contributed by atoms with E-state index in [2.05, 4.69) is 28.5 Å². The monoisotopic (exact) mass is 348 g/mol. The molecule has 0 fully saturated rings. The third kappa shape index (κ3) is 5.81. The highest BCUT2D eigenvalue weighted by molar-refractivity contribution is 7.11. The van der Waals surface area contributed by atoms with Gasteiger partial charge in [-0.25, -0.2) is 4.79 Å². The van der Waals surface area contributed by atoms with Gasteiger partial charge in [0.25, 0.3) is 0 Å². The van der Waals surface area contributed by atoms with Gasteiger partial charge in [0, 0.05) is 20.0 Å². The number of amides is 2. The Morgan fingerprint density at radius 2 is 2.21 bits per heavy atom. The molecule has 0 bridgehead atoms. The Labute approximate surface area is 146 Å². The summed E-state index contributed by atoms with van der Waals surface area (Å²) in [4.78, 5) is 13.6. The average molecular weight is 348 g/mol. The molecule has 24 heavy (non-hydrogen) atoms. The molecule has 0 radical (unpaired) electrons. The van der Waals surface area contributed by atoms with Crippen molar-refractivity contribution in [1.82, 2.24) is 20.4 Å². The number of urea groups is 1. The minimum atomic E-state index is -0.109. The van der Waals surface area contributed by atoms with E-state index in [0.29, 0.717) is 26.1 Å². The van der Waals surface area contributed by atoms with Gasteiger partial charge >= 0.3 is 6.03 Å². The summed E-state index contributed by atoms with van der Waals surface area (Å²) in [6.45, 7) is 5.58. The zero-order valence-corrected chi connectivity index (χ0v) is 15.2. The van der Waals surface area contributed by atoms with Crippen LogP contribution in [-0.2, 0) is 12.8 Å². The molecular weight excluding hydrogens is 324 g/mol. The maximum absolute atomic E-state index is 12.0. The summed E-state index contributed by atoms with van der Waals surface area (Å²) in [6.07, 6.45) is 1.68. The molecule has 1 aromatic heterocycles. The number of aromatic nitrogens is 2. The fourth-order valence-electron chi connectivity index (χ4n) is 2.11. The first kappa shape index (κ1) is 18.2. The summed E-state index contributed by atoms with van der Waals surface area (Å²) < 4.78 is 5.71. The van der Waals surface area contributed by atoms with Crippen molar-refractivity contribution in [2.45, 2.75) is 26.7 Å². The SMILES string of the molecule is CCc1cccc(OCCN(C)C(=O)NCCc2nnc(C)s2)c1. The Balaban J connectivity index is 1.65. The van der Waals surface area contributed by atoms with Gasteiger partial charge in [-0.3, -0.25) is 0 Å². The summed E-state index contributed by atoms with van der Waals surface area (Å²) in [6, 6.07) is 7.92. The van der Waals surface area contributed by atoms with Gasteiger partial charge in [-0.2, -0.15) is 0 Å². The number of carbonyl (C=O) groups is 1. The molecule has 1 N–H and O–H groups in total. The van der Waals surface area contributed by atoms with Crippen LogP contribution in [0.2, 0.25) is 0 Å². The van der Waals surface area contributed by atoms with Crippen molar-refractivity contribution in [3.8, 4) is 5.75 Å². The molecule has 2 amide bonds. The molecule has 2 rings (SSSR count). The second-order valence-corrected chi connectivity index (χ2v) is 6.73. The Morgan fingerprint density at radius 1 is 1.38 bits per heavy atom. The highest BCUT2D eigenvalue weighted by Gasteiger charge is 2.08. The highest BCUT2D eigenvalue weighted by atomic mass is 32.1. The molecule has 0 aliphatic heterocycles. The first-order valence-electron chi connectivity index (χ1n) is 8.08. The summed E-state index contributed by atoms with van der Waals surface area (Å²) in [5, 5.41) is 12.8. The van der Waals surface area contributed by atoms with Gasteiger partial charge in [0.05, 0.1) is 6.54 Å². The summed E-state index contributed by atoms with van der Waals surface area (Å²) in [5.74, 6) is 0.842. The maximum Gasteiger partial charge on any atom is 0.317 e. The van der Waals surface area contributed by atoms with Crippen LogP contribution in [0.25, 0.3) is 0 Å². The molecule has 130 valence electrons. The lowest BCUT2D eigenvalue weighted by Crippen LogP contribution is -2.40. The second-order valence-electron chi connectivity index (χ2n) is 5.47. The van der Waals surface area contributed by atoms with E-state index >= 15 is 0 Å². The van der Waals surface area contributed by atoms with Gasteiger partial charge in [-0.05, 0) is 31.0 Å². The number of ether oxygens (including phenoxy) is 1. The first-order valence-corrected chi connectivity index (χ1v) is 8.90. The van der Waals surface area contributed by atoms with Gasteiger partial charge in [-0.15, -0.1) is 21.5 Å². The van der Waals surface area contributed by atoms with Gasteiger partial charge in [-0.1, -0.05) is 19.1 Å². The molecule has 1 aromatic carbocycles. The minimum absolute atomic E-state index is 0.109. The van der Waals surface area contributed by atoms with Crippen molar-refractivity contribution in [2.24, 2.45) is 0 Å². The number of nitrogens with zero attached hydrogens (tertiary/aromatic N) is 3. The molecule has 2 aromatic rings. The van der Waals surface area contributed by atoms with Gasteiger partial charge in [0.15, 0.2) is 0 Å². The van der Waals surface area contributed by atoms with Crippen LogP contribution in [-0.4, -0.2) is 47.9 Å². The number of carbonyl (C=O) groups excluding carboxylic acids is 1. The molecule has 0 saturated carbocycles. The van der Waals surface area contributed by atoms with Crippen LogP contribution in [0.15, 0.2) is 24.3 Å². The summed E-state index contributed by atoms with van der Waals surface area (Å²) in [7, 11) is 1.76. The number of aryl methyl sites for hydroxylation is 2. The largest absolute Gasteiger partial charge is 0.492 e. The van der Waals surface area contributed by atoms with Crippen LogP contribution in [0.1, 0.15) is 22.5 Å². The predicted molar refractivity (Wildman–Crippen MR) is 95.7 cm³/mol. The zero-order chi connectivity index (χ0) is 17.4. The zero-order valence-electron chi connectivity index (χ0n) is 14.4. The molecule has 0 spiro atoms. The third-order valence-corrected chi connectivity index (χ3v) is 4.43. The third-order valence-electron chi connectivity index (χ3n) is 3.53. The van der Waals surface area contributed by atoms with E-state index in [-0.39, 0.29) is 6.03 Å². The number of likely N-dealkylation sites (N-methyl/N-ethyl adjacent to an activating group) is 1. The van der Waals surface area contributed by atoms with Crippen LogP contribution >= 0.6 is 11.3 Å². The van der Waals surface area contributed by atoms with Crippen molar-refractivity contribution in [1.29, 1.82) is 0 Å². The van der Waals surface area contributed by atoms with E-state index in [0.717, 1.165) is 22.2 Å². The van der Waals surface area contributed by atoms with E-state index in [9.17, 15) is 4.79 Å².